The van der Waals surface area contributed by atoms with Gasteiger partial charge in [-0.15, -0.1) is 0 Å². The van der Waals surface area contributed by atoms with Crippen molar-refractivity contribution in [2.75, 3.05) is 20.3 Å². The van der Waals surface area contributed by atoms with Crippen LogP contribution in [0.2, 0.25) is 0 Å². The van der Waals surface area contributed by atoms with Crippen LogP contribution in [0, 0.1) is 5.92 Å². The number of ether oxygens (including phenoxy) is 2. The molecule has 0 radical (unpaired) electrons. The second kappa shape index (κ2) is 5.12. The third-order valence-corrected chi connectivity index (χ3v) is 2.68. The first-order valence-electron chi connectivity index (χ1n) is 5.54. The molecule has 1 saturated carbocycles. The molecule has 0 aliphatic heterocycles. The molecule has 1 aliphatic rings. The van der Waals surface area contributed by atoms with Crippen molar-refractivity contribution in [2.24, 2.45) is 5.92 Å². The van der Waals surface area contributed by atoms with Gasteiger partial charge in [0.2, 0.25) is 0 Å². The van der Waals surface area contributed by atoms with Gasteiger partial charge in [0.1, 0.15) is 12.4 Å². The van der Waals surface area contributed by atoms with Crippen molar-refractivity contribution in [1.82, 2.24) is 0 Å². The zero-order valence-corrected chi connectivity index (χ0v) is 9.44. The molecule has 1 fully saturated rings. The summed E-state index contributed by atoms with van der Waals surface area (Å²) in [5.41, 5.74) is 0.648. The number of Topliss-reactive ketones (excluding diaryl/α,β-unsaturated/α-hetero) is 1. The minimum atomic E-state index is 0.0135. The van der Waals surface area contributed by atoms with Gasteiger partial charge in [-0.3, -0.25) is 4.79 Å². The summed E-state index contributed by atoms with van der Waals surface area (Å²) in [6.07, 6.45) is 2.49. The van der Waals surface area contributed by atoms with Crippen LogP contribution in [0.15, 0.2) is 24.3 Å². The molecule has 0 saturated heterocycles. The van der Waals surface area contributed by atoms with Gasteiger partial charge in [-0.2, -0.15) is 0 Å². The average molecular weight is 220 g/mol. The van der Waals surface area contributed by atoms with Crippen LogP contribution in [0.5, 0.6) is 5.75 Å². The molecule has 2 rings (SSSR count). The molecule has 86 valence electrons. The van der Waals surface area contributed by atoms with E-state index in [1.54, 1.807) is 19.2 Å². The summed E-state index contributed by atoms with van der Waals surface area (Å²) in [5.74, 6) is 1.41. The SMILES string of the molecule is COc1cccc(C(=O)COCC2CC2)c1. The molecule has 0 aromatic heterocycles. The standard InChI is InChI=1S/C13H16O3/c1-15-12-4-2-3-11(7-12)13(14)9-16-8-10-5-6-10/h2-4,7,10H,5-6,8-9H2,1H3. The summed E-state index contributed by atoms with van der Waals surface area (Å²) >= 11 is 0. The highest BCUT2D eigenvalue weighted by atomic mass is 16.5. The average Bonchev–Trinajstić information content (AvgIpc) is 3.13. The van der Waals surface area contributed by atoms with E-state index in [-0.39, 0.29) is 12.4 Å². The van der Waals surface area contributed by atoms with Crippen molar-refractivity contribution < 1.29 is 14.3 Å². The van der Waals surface area contributed by atoms with Gasteiger partial charge in [-0.05, 0) is 30.9 Å². The highest BCUT2D eigenvalue weighted by molar-refractivity contribution is 5.97. The van der Waals surface area contributed by atoms with Crippen LogP contribution in [-0.2, 0) is 4.74 Å². The normalized spacial score (nSPS) is 14.8. The third kappa shape index (κ3) is 3.07. The molecule has 0 unspecified atom stereocenters. The first-order chi connectivity index (χ1) is 7.79. The molecular weight excluding hydrogens is 204 g/mol. The van der Waals surface area contributed by atoms with Crippen LogP contribution in [0.3, 0.4) is 0 Å². The maximum Gasteiger partial charge on any atom is 0.188 e. The molecule has 0 amide bonds. The van der Waals surface area contributed by atoms with Crippen molar-refractivity contribution in [1.29, 1.82) is 0 Å². The highest BCUT2D eigenvalue weighted by Crippen LogP contribution is 2.28. The monoisotopic (exact) mass is 220 g/mol. The molecule has 0 N–H and O–H groups in total. The first kappa shape index (κ1) is 11.1. The summed E-state index contributed by atoms with van der Waals surface area (Å²) in [6.45, 7) is 0.888. The van der Waals surface area contributed by atoms with E-state index in [4.69, 9.17) is 9.47 Å². The molecule has 3 nitrogen and oxygen atoms in total. The summed E-state index contributed by atoms with van der Waals surface area (Å²) in [4.78, 5) is 11.7. The Morgan fingerprint density at radius 2 is 2.25 bits per heavy atom. The maximum absolute atomic E-state index is 11.7. The lowest BCUT2D eigenvalue weighted by Gasteiger charge is -2.04. The van der Waals surface area contributed by atoms with Crippen molar-refractivity contribution in [3.63, 3.8) is 0 Å². The van der Waals surface area contributed by atoms with Gasteiger partial charge in [0.15, 0.2) is 5.78 Å². The van der Waals surface area contributed by atoms with Crippen molar-refractivity contribution in [2.45, 2.75) is 12.8 Å². The summed E-state index contributed by atoms with van der Waals surface area (Å²) < 4.78 is 10.4. The van der Waals surface area contributed by atoms with Crippen LogP contribution >= 0.6 is 0 Å². The molecule has 0 bridgehead atoms. The smallest absolute Gasteiger partial charge is 0.188 e. The molecule has 1 aromatic rings. The Morgan fingerprint density at radius 1 is 1.44 bits per heavy atom. The van der Waals surface area contributed by atoms with Gasteiger partial charge >= 0.3 is 0 Å². The molecule has 0 spiro atoms. The second-order valence-electron chi connectivity index (χ2n) is 4.11. The number of methoxy groups -OCH3 is 1. The Balaban J connectivity index is 1.86. The largest absolute Gasteiger partial charge is 0.497 e. The number of hydrogen-bond donors (Lipinski definition) is 0. The van der Waals surface area contributed by atoms with E-state index < -0.39 is 0 Å². The Kier molecular flexibility index (Phi) is 3.57. The lowest BCUT2D eigenvalue weighted by Crippen LogP contribution is -2.10. The fourth-order valence-corrected chi connectivity index (χ4v) is 1.48. The van der Waals surface area contributed by atoms with Gasteiger partial charge in [-0.25, -0.2) is 0 Å². The minimum absolute atomic E-state index is 0.0135. The third-order valence-electron chi connectivity index (χ3n) is 2.68. The lowest BCUT2D eigenvalue weighted by molar-refractivity contribution is 0.0739. The molecule has 3 heteroatoms. The first-order valence-corrected chi connectivity index (χ1v) is 5.54. The Bertz CT molecular complexity index is 369. The van der Waals surface area contributed by atoms with Crippen molar-refractivity contribution >= 4 is 5.78 Å². The summed E-state index contributed by atoms with van der Waals surface area (Å²) in [7, 11) is 1.59. The summed E-state index contributed by atoms with van der Waals surface area (Å²) in [6, 6.07) is 7.16. The van der Waals surface area contributed by atoms with Gasteiger partial charge in [0.25, 0.3) is 0 Å². The van der Waals surface area contributed by atoms with Gasteiger partial charge in [0, 0.05) is 5.56 Å². The van der Waals surface area contributed by atoms with Crippen molar-refractivity contribution in [3.8, 4) is 5.75 Å². The number of carbonyl (C=O) groups is 1. The Labute approximate surface area is 95.4 Å². The molecule has 16 heavy (non-hydrogen) atoms. The van der Waals surface area contributed by atoms with E-state index in [9.17, 15) is 4.79 Å². The lowest BCUT2D eigenvalue weighted by atomic mass is 10.1. The molecule has 0 heterocycles. The number of benzene rings is 1. The van der Waals surface area contributed by atoms with Crippen LogP contribution < -0.4 is 4.74 Å². The summed E-state index contributed by atoms with van der Waals surface area (Å²) in [5, 5.41) is 0. The van der Waals surface area contributed by atoms with Crippen molar-refractivity contribution in [3.05, 3.63) is 29.8 Å². The van der Waals surface area contributed by atoms with E-state index >= 15 is 0 Å². The predicted octanol–water partition coefficient (Wildman–Crippen LogP) is 2.30. The van der Waals surface area contributed by atoms with Crippen LogP contribution in [0.1, 0.15) is 23.2 Å². The molecular formula is C13H16O3. The molecule has 1 aromatic carbocycles. The zero-order valence-electron chi connectivity index (χ0n) is 9.44. The zero-order chi connectivity index (χ0) is 11.4. The number of ketones is 1. The highest BCUT2D eigenvalue weighted by Gasteiger charge is 2.21. The van der Waals surface area contributed by atoms with Crippen LogP contribution in [0.4, 0.5) is 0 Å². The Morgan fingerprint density at radius 3 is 2.94 bits per heavy atom. The van der Waals surface area contributed by atoms with Gasteiger partial charge in [-0.1, -0.05) is 12.1 Å². The van der Waals surface area contributed by atoms with E-state index in [1.165, 1.54) is 12.8 Å². The quantitative estimate of drug-likeness (QED) is 0.690. The van der Waals surface area contributed by atoms with Crippen LogP contribution in [0.25, 0.3) is 0 Å². The number of carbonyl (C=O) groups excluding carboxylic acids is 1. The van der Waals surface area contributed by atoms with Crippen LogP contribution in [-0.4, -0.2) is 26.1 Å². The molecule has 1 aliphatic carbocycles. The van der Waals surface area contributed by atoms with Gasteiger partial charge < -0.3 is 9.47 Å². The fraction of sp³-hybridized carbons (Fsp3) is 0.462. The van der Waals surface area contributed by atoms with E-state index in [2.05, 4.69) is 0 Å². The minimum Gasteiger partial charge on any atom is -0.497 e. The molecule has 0 atom stereocenters. The predicted molar refractivity (Wildman–Crippen MR) is 60.9 cm³/mol. The number of hydrogen-bond acceptors (Lipinski definition) is 3. The maximum atomic E-state index is 11.7. The fourth-order valence-electron chi connectivity index (χ4n) is 1.48. The Hall–Kier alpha value is -1.35. The van der Waals surface area contributed by atoms with E-state index in [0.29, 0.717) is 17.2 Å². The second-order valence-corrected chi connectivity index (χ2v) is 4.11. The van der Waals surface area contributed by atoms with Gasteiger partial charge in [0.05, 0.1) is 13.7 Å². The number of rotatable bonds is 6. The van der Waals surface area contributed by atoms with E-state index in [1.807, 2.05) is 12.1 Å². The van der Waals surface area contributed by atoms with E-state index in [0.717, 1.165) is 6.61 Å². The topological polar surface area (TPSA) is 35.5 Å².